The molecule has 1 aliphatic carbocycles. The Labute approximate surface area is 85.0 Å². The van der Waals surface area contributed by atoms with Crippen LogP contribution in [-0.2, 0) is 6.54 Å². The number of nitrogens with one attached hydrogen (secondary N) is 1. The number of nitrogens with zero attached hydrogens (tertiary/aromatic N) is 2. The number of aromatic nitrogens is 2. The van der Waals surface area contributed by atoms with Crippen LogP contribution in [0.25, 0.3) is 0 Å². The maximum Gasteiger partial charge on any atom is 0.141 e. The van der Waals surface area contributed by atoms with E-state index in [1.807, 2.05) is 6.07 Å². The average Bonchev–Trinajstić information content (AvgIpc) is 2.17. The third-order valence-corrected chi connectivity index (χ3v) is 3.01. The SMILES string of the molecule is CC1(CNCc2ncccn2)CCC1. The summed E-state index contributed by atoms with van der Waals surface area (Å²) in [6, 6.07) is 1.84. The number of rotatable bonds is 4. The highest BCUT2D eigenvalue weighted by Crippen LogP contribution is 2.39. The van der Waals surface area contributed by atoms with Gasteiger partial charge in [-0.15, -0.1) is 0 Å². The van der Waals surface area contributed by atoms with Gasteiger partial charge in [-0.05, 0) is 24.3 Å². The summed E-state index contributed by atoms with van der Waals surface area (Å²) >= 11 is 0. The van der Waals surface area contributed by atoms with E-state index in [0.717, 1.165) is 18.9 Å². The molecule has 1 aromatic heterocycles. The molecule has 76 valence electrons. The van der Waals surface area contributed by atoms with Crippen molar-refractivity contribution in [1.29, 1.82) is 0 Å². The highest BCUT2D eigenvalue weighted by molar-refractivity contribution is 4.90. The predicted molar refractivity (Wildman–Crippen MR) is 55.7 cm³/mol. The first-order valence-corrected chi connectivity index (χ1v) is 5.25. The fourth-order valence-electron chi connectivity index (χ4n) is 1.85. The first-order chi connectivity index (χ1) is 6.79. The Bertz CT molecular complexity index is 280. The molecule has 2 rings (SSSR count). The Kier molecular flexibility index (Phi) is 2.77. The van der Waals surface area contributed by atoms with Crippen LogP contribution in [0, 0.1) is 5.41 Å². The van der Waals surface area contributed by atoms with Crippen LogP contribution >= 0.6 is 0 Å². The molecule has 0 spiro atoms. The van der Waals surface area contributed by atoms with Crippen LogP contribution in [0.4, 0.5) is 0 Å². The molecule has 0 saturated heterocycles. The van der Waals surface area contributed by atoms with Crippen LogP contribution in [0.2, 0.25) is 0 Å². The monoisotopic (exact) mass is 191 g/mol. The fraction of sp³-hybridized carbons (Fsp3) is 0.636. The average molecular weight is 191 g/mol. The van der Waals surface area contributed by atoms with Gasteiger partial charge in [0.25, 0.3) is 0 Å². The van der Waals surface area contributed by atoms with Crippen molar-refractivity contribution in [2.45, 2.75) is 32.7 Å². The molecule has 3 nitrogen and oxygen atoms in total. The van der Waals surface area contributed by atoms with Gasteiger partial charge in [0.15, 0.2) is 0 Å². The Morgan fingerprint density at radius 1 is 1.36 bits per heavy atom. The van der Waals surface area contributed by atoms with Crippen molar-refractivity contribution in [3.8, 4) is 0 Å². The van der Waals surface area contributed by atoms with E-state index in [9.17, 15) is 0 Å². The molecule has 1 saturated carbocycles. The van der Waals surface area contributed by atoms with Crippen molar-refractivity contribution in [3.63, 3.8) is 0 Å². The molecule has 14 heavy (non-hydrogen) atoms. The third kappa shape index (κ3) is 2.29. The van der Waals surface area contributed by atoms with Gasteiger partial charge in [0, 0.05) is 18.9 Å². The van der Waals surface area contributed by atoms with Gasteiger partial charge >= 0.3 is 0 Å². The van der Waals surface area contributed by atoms with Crippen LogP contribution in [0.3, 0.4) is 0 Å². The molecule has 1 N–H and O–H groups in total. The molecular formula is C11H17N3. The van der Waals surface area contributed by atoms with Crippen molar-refractivity contribution in [2.75, 3.05) is 6.54 Å². The highest BCUT2D eigenvalue weighted by Gasteiger charge is 2.30. The van der Waals surface area contributed by atoms with Crippen molar-refractivity contribution < 1.29 is 0 Å². The third-order valence-electron chi connectivity index (χ3n) is 3.01. The van der Waals surface area contributed by atoms with Crippen LogP contribution in [0.1, 0.15) is 32.0 Å². The predicted octanol–water partition coefficient (Wildman–Crippen LogP) is 1.76. The molecule has 0 bridgehead atoms. The molecule has 0 aliphatic heterocycles. The minimum Gasteiger partial charge on any atom is -0.309 e. The van der Waals surface area contributed by atoms with Gasteiger partial charge in [-0.3, -0.25) is 0 Å². The first-order valence-electron chi connectivity index (χ1n) is 5.25. The lowest BCUT2D eigenvalue weighted by Crippen LogP contribution is -2.37. The summed E-state index contributed by atoms with van der Waals surface area (Å²) < 4.78 is 0. The lowest BCUT2D eigenvalue weighted by atomic mass is 9.70. The standard InChI is InChI=1S/C11H17N3/c1-11(4-2-5-11)9-12-8-10-13-6-3-7-14-10/h3,6-7,12H,2,4-5,8-9H2,1H3. The molecular weight excluding hydrogens is 174 g/mol. The number of hydrogen-bond donors (Lipinski definition) is 1. The zero-order valence-electron chi connectivity index (χ0n) is 8.66. The Balaban J connectivity index is 1.73. The summed E-state index contributed by atoms with van der Waals surface area (Å²) in [5, 5.41) is 3.42. The molecule has 0 amide bonds. The summed E-state index contributed by atoms with van der Waals surface area (Å²) in [4.78, 5) is 8.34. The van der Waals surface area contributed by atoms with Crippen molar-refractivity contribution in [2.24, 2.45) is 5.41 Å². The Morgan fingerprint density at radius 2 is 2.07 bits per heavy atom. The van der Waals surface area contributed by atoms with E-state index < -0.39 is 0 Å². The van der Waals surface area contributed by atoms with Gasteiger partial charge in [0.2, 0.25) is 0 Å². The second-order valence-electron chi connectivity index (χ2n) is 4.43. The zero-order valence-corrected chi connectivity index (χ0v) is 8.66. The second kappa shape index (κ2) is 4.05. The summed E-state index contributed by atoms with van der Waals surface area (Å²) in [6.07, 6.45) is 7.68. The molecule has 0 unspecified atom stereocenters. The van der Waals surface area contributed by atoms with Gasteiger partial charge < -0.3 is 5.32 Å². The minimum atomic E-state index is 0.536. The maximum absolute atomic E-state index is 4.17. The quantitative estimate of drug-likeness (QED) is 0.788. The Morgan fingerprint density at radius 3 is 2.64 bits per heavy atom. The lowest BCUT2D eigenvalue weighted by Gasteiger charge is -2.38. The van der Waals surface area contributed by atoms with Crippen LogP contribution < -0.4 is 5.32 Å². The zero-order chi connectivity index (χ0) is 9.86. The van der Waals surface area contributed by atoms with E-state index in [1.165, 1.54) is 19.3 Å². The van der Waals surface area contributed by atoms with E-state index >= 15 is 0 Å². The fourth-order valence-corrected chi connectivity index (χ4v) is 1.85. The van der Waals surface area contributed by atoms with Crippen molar-refractivity contribution in [1.82, 2.24) is 15.3 Å². The van der Waals surface area contributed by atoms with E-state index in [0.29, 0.717) is 5.41 Å². The minimum absolute atomic E-state index is 0.536. The van der Waals surface area contributed by atoms with E-state index in [2.05, 4.69) is 22.2 Å². The lowest BCUT2D eigenvalue weighted by molar-refractivity contribution is 0.156. The maximum atomic E-state index is 4.17. The van der Waals surface area contributed by atoms with E-state index in [4.69, 9.17) is 0 Å². The van der Waals surface area contributed by atoms with Crippen LogP contribution in [0.15, 0.2) is 18.5 Å². The Hall–Kier alpha value is -0.960. The molecule has 1 fully saturated rings. The molecule has 0 radical (unpaired) electrons. The number of hydrogen-bond acceptors (Lipinski definition) is 3. The molecule has 3 heteroatoms. The molecule has 1 aromatic rings. The summed E-state index contributed by atoms with van der Waals surface area (Å²) in [7, 11) is 0. The smallest absolute Gasteiger partial charge is 0.141 e. The molecule has 1 heterocycles. The van der Waals surface area contributed by atoms with Crippen molar-refractivity contribution >= 4 is 0 Å². The van der Waals surface area contributed by atoms with E-state index in [1.54, 1.807) is 12.4 Å². The van der Waals surface area contributed by atoms with Gasteiger partial charge in [-0.25, -0.2) is 9.97 Å². The normalized spacial score (nSPS) is 18.9. The van der Waals surface area contributed by atoms with Gasteiger partial charge in [0.1, 0.15) is 5.82 Å². The van der Waals surface area contributed by atoms with Gasteiger partial charge in [0.05, 0.1) is 6.54 Å². The first kappa shape index (κ1) is 9.59. The second-order valence-corrected chi connectivity index (χ2v) is 4.43. The largest absolute Gasteiger partial charge is 0.309 e. The molecule has 0 aromatic carbocycles. The van der Waals surface area contributed by atoms with Gasteiger partial charge in [-0.1, -0.05) is 13.3 Å². The summed E-state index contributed by atoms with van der Waals surface area (Å²) in [5.41, 5.74) is 0.536. The van der Waals surface area contributed by atoms with E-state index in [-0.39, 0.29) is 0 Å². The summed E-state index contributed by atoms with van der Waals surface area (Å²) in [5.74, 6) is 0.885. The highest BCUT2D eigenvalue weighted by atomic mass is 15.0. The molecule has 0 atom stereocenters. The summed E-state index contributed by atoms with van der Waals surface area (Å²) in [6.45, 7) is 4.22. The molecule has 1 aliphatic rings. The van der Waals surface area contributed by atoms with Gasteiger partial charge in [-0.2, -0.15) is 0 Å². The topological polar surface area (TPSA) is 37.8 Å². The van der Waals surface area contributed by atoms with Crippen molar-refractivity contribution in [3.05, 3.63) is 24.3 Å². The van der Waals surface area contributed by atoms with Crippen LogP contribution in [0.5, 0.6) is 0 Å². The van der Waals surface area contributed by atoms with Crippen LogP contribution in [-0.4, -0.2) is 16.5 Å².